The molecule has 0 fully saturated rings. The Balaban J connectivity index is 2.37. The van der Waals surface area contributed by atoms with Gasteiger partial charge in [-0.25, -0.2) is 4.98 Å². The highest BCUT2D eigenvalue weighted by molar-refractivity contribution is 5.73. The van der Waals surface area contributed by atoms with Crippen molar-refractivity contribution >= 4 is 5.97 Å². The molecule has 1 unspecified atom stereocenters. The van der Waals surface area contributed by atoms with Gasteiger partial charge in [-0.3, -0.25) is 9.69 Å². The van der Waals surface area contributed by atoms with E-state index < -0.39 is 12.0 Å². The van der Waals surface area contributed by atoms with Crippen LogP contribution in [0.25, 0.3) is 0 Å². The number of rotatable bonds is 7. The van der Waals surface area contributed by atoms with E-state index in [9.17, 15) is 4.79 Å². The van der Waals surface area contributed by atoms with Crippen molar-refractivity contribution in [2.75, 3.05) is 20.6 Å². The molecule has 2 N–H and O–H groups in total. The first-order valence-corrected chi connectivity index (χ1v) is 5.59. The highest BCUT2D eigenvalue weighted by Gasteiger charge is 2.15. The molecule has 0 aliphatic heterocycles. The van der Waals surface area contributed by atoms with E-state index in [1.807, 2.05) is 24.9 Å². The Morgan fingerprint density at radius 1 is 1.71 bits per heavy atom. The summed E-state index contributed by atoms with van der Waals surface area (Å²) in [7, 11) is 5.57. The molecule has 0 spiro atoms. The summed E-state index contributed by atoms with van der Waals surface area (Å²) < 4.78 is 1.96. The van der Waals surface area contributed by atoms with Gasteiger partial charge in [-0.15, -0.1) is 0 Å². The molecule has 0 bridgehead atoms. The summed E-state index contributed by atoms with van der Waals surface area (Å²) in [6, 6.07) is -0.487. The zero-order valence-corrected chi connectivity index (χ0v) is 10.6. The summed E-state index contributed by atoms with van der Waals surface area (Å²) >= 11 is 0. The fraction of sp³-hybridized carbons (Fsp3) is 0.636. The van der Waals surface area contributed by atoms with Crippen LogP contribution in [0.5, 0.6) is 0 Å². The minimum absolute atomic E-state index is 0.487. The number of nitrogens with zero attached hydrogens (tertiary/aromatic N) is 3. The molecule has 1 atom stereocenters. The van der Waals surface area contributed by atoms with Crippen LogP contribution in [0.15, 0.2) is 12.4 Å². The van der Waals surface area contributed by atoms with E-state index in [2.05, 4.69) is 15.2 Å². The summed E-state index contributed by atoms with van der Waals surface area (Å²) in [5.74, 6) is 0.168. The van der Waals surface area contributed by atoms with Crippen molar-refractivity contribution in [2.24, 2.45) is 7.05 Å². The first-order valence-electron chi connectivity index (χ1n) is 5.59. The maximum Gasteiger partial charge on any atom is 0.320 e. The van der Waals surface area contributed by atoms with E-state index in [1.54, 1.807) is 13.2 Å². The van der Waals surface area contributed by atoms with E-state index in [0.717, 1.165) is 12.4 Å². The highest BCUT2D eigenvalue weighted by atomic mass is 16.4. The molecule has 1 aromatic heterocycles. The van der Waals surface area contributed by atoms with E-state index >= 15 is 0 Å². The van der Waals surface area contributed by atoms with Gasteiger partial charge < -0.3 is 15.0 Å². The molecule has 1 rings (SSSR count). The van der Waals surface area contributed by atoms with Crippen molar-refractivity contribution in [2.45, 2.75) is 19.0 Å². The SMILES string of the molecule is CNC(CCN(C)Cc1nccn1C)C(=O)O. The molecule has 1 heterocycles. The first-order chi connectivity index (χ1) is 8.04. The second-order valence-electron chi connectivity index (χ2n) is 4.16. The normalized spacial score (nSPS) is 12.9. The van der Waals surface area contributed by atoms with Gasteiger partial charge in [0.25, 0.3) is 0 Å². The number of carboxylic acids is 1. The second-order valence-corrected chi connectivity index (χ2v) is 4.16. The van der Waals surface area contributed by atoms with Crippen molar-refractivity contribution < 1.29 is 9.90 Å². The lowest BCUT2D eigenvalue weighted by molar-refractivity contribution is -0.139. The topological polar surface area (TPSA) is 70.4 Å². The first kappa shape index (κ1) is 13.7. The lowest BCUT2D eigenvalue weighted by atomic mass is 10.2. The lowest BCUT2D eigenvalue weighted by Gasteiger charge is -2.18. The Morgan fingerprint density at radius 3 is 2.88 bits per heavy atom. The minimum atomic E-state index is -0.808. The highest BCUT2D eigenvalue weighted by Crippen LogP contribution is 2.01. The van der Waals surface area contributed by atoms with Gasteiger partial charge >= 0.3 is 5.97 Å². The zero-order chi connectivity index (χ0) is 12.8. The Kier molecular flexibility index (Phi) is 5.11. The van der Waals surface area contributed by atoms with Gasteiger partial charge in [0.2, 0.25) is 0 Å². The minimum Gasteiger partial charge on any atom is -0.480 e. The third-order valence-electron chi connectivity index (χ3n) is 2.78. The molecule has 0 saturated heterocycles. The Labute approximate surface area is 101 Å². The fourth-order valence-electron chi connectivity index (χ4n) is 1.61. The third kappa shape index (κ3) is 4.16. The van der Waals surface area contributed by atoms with Crippen LogP contribution in [-0.2, 0) is 18.4 Å². The maximum absolute atomic E-state index is 10.8. The van der Waals surface area contributed by atoms with Crippen LogP contribution in [-0.4, -0.2) is 52.2 Å². The van der Waals surface area contributed by atoms with Gasteiger partial charge in [-0.1, -0.05) is 0 Å². The smallest absolute Gasteiger partial charge is 0.320 e. The van der Waals surface area contributed by atoms with Crippen LogP contribution >= 0.6 is 0 Å². The Hall–Kier alpha value is -1.40. The second kappa shape index (κ2) is 6.36. The van der Waals surface area contributed by atoms with Gasteiger partial charge in [0.15, 0.2) is 0 Å². The number of aryl methyl sites for hydroxylation is 1. The molecule has 0 aliphatic carbocycles. The lowest BCUT2D eigenvalue weighted by Crippen LogP contribution is -2.37. The molecule has 96 valence electrons. The van der Waals surface area contributed by atoms with E-state index in [1.165, 1.54) is 0 Å². The number of aliphatic carboxylic acids is 1. The Morgan fingerprint density at radius 2 is 2.41 bits per heavy atom. The fourth-order valence-corrected chi connectivity index (χ4v) is 1.61. The molecule has 0 radical (unpaired) electrons. The van der Waals surface area contributed by atoms with Gasteiger partial charge in [-0.05, 0) is 20.5 Å². The molecular formula is C11H20N4O2. The summed E-state index contributed by atoms with van der Waals surface area (Å²) in [6.07, 6.45) is 4.24. The quantitative estimate of drug-likeness (QED) is 0.697. The van der Waals surface area contributed by atoms with E-state index in [0.29, 0.717) is 13.0 Å². The molecule has 0 aromatic carbocycles. The number of likely N-dealkylation sites (N-methyl/N-ethyl adjacent to an activating group) is 1. The summed E-state index contributed by atoms with van der Waals surface area (Å²) in [5, 5.41) is 11.7. The average Bonchev–Trinajstić information content (AvgIpc) is 2.65. The largest absolute Gasteiger partial charge is 0.480 e. The van der Waals surface area contributed by atoms with E-state index in [4.69, 9.17) is 5.11 Å². The van der Waals surface area contributed by atoms with Crippen molar-refractivity contribution in [3.63, 3.8) is 0 Å². The van der Waals surface area contributed by atoms with Crippen LogP contribution in [0, 0.1) is 0 Å². The molecule has 6 nitrogen and oxygen atoms in total. The molecular weight excluding hydrogens is 220 g/mol. The predicted octanol–water partition coefficient (Wildman–Crippen LogP) is -0.0854. The summed E-state index contributed by atoms with van der Waals surface area (Å²) in [5.41, 5.74) is 0. The third-order valence-corrected chi connectivity index (χ3v) is 2.78. The van der Waals surface area contributed by atoms with Crippen molar-refractivity contribution in [1.82, 2.24) is 19.8 Å². The van der Waals surface area contributed by atoms with Gasteiger partial charge in [0.05, 0.1) is 6.54 Å². The summed E-state index contributed by atoms with van der Waals surface area (Å²) in [6.45, 7) is 1.43. The molecule has 1 aromatic rings. The van der Waals surface area contributed by atoms with Crippen molar-refractivity contribution in [3.8, 4) is 0 Å². The molecule has 0 saturated carbocycles. The molecule has 0 aliphatic rings. The zero-order valence-electron chi connectivity index (χ0n) is 10.6. The predicted molar refractivity (Wildman–Crippen MR) is 64.6 cm³/mol. The number of hydrogen-bond acceptors (Lipinski definition) is 4. The number of carbonyl (C=O) groups is 1. The number of nitrogens with one attached hydrogen (secondary N) is 1. The van der Waals surface area contributed by atoms with Crippen molar-refractivity contribution in [1.29, 1.82) is 0 Å². The van der Waals surface area contributed by atoms with Gasteiger partial charge in [0, 0.05) is 26.0 Å². The van der Waals surface area contributed by atoms with Crippen LogP contribution in [0.3, 0.4) is 0 Å². The summed E-state index contributed by atoms with van der Waals surface area (Å²) in [4.78, 5) is 17.1. The van der Waals surface area contributed by atoms with Crippen LogP contribution < -0.4 is 5.32 Å². The van der Waals surface area contributed by atoms with Gasteiger partial charge in [-0.2, -0.15) is 0 Å². The maximum atomic E-state index is 10.8. The molecule has 6 heteroatoms. The molecule has 17 heavy (non-hydrogen) atoms. The number of carboxylic acid groups (broad SMARTS) is 1. The standard InChI is InChI=1S/C11H20N4O2/c1-12-9(11(16)17)4-6-14(2)8-10-13-5-7-15(10)3/h5,7,9,12H,4,6,8H2,1-3H3,(H,16,17). The number of aromatic nitrogens is 2. The number of hydrogen-bond donors (Lipinski definition) is 2. The van der Waals surface area contributed by atoms with Crippen LogP contribution in [0.1, 0.15) is 12.2 Å². The number of imidazole rings is 1. The van der Waals surface area contributed by atoms with Crippen LogP contribution in [0.2, 0.25) is 0 Å². The molecule has 0 amide bonds. The average molecular weight is 240 g/mol. The van der Waals surface area contributed by atoms with Crippen LogP contribution in [0.4, 0.5) is 0 Å². The monoisotopic (exact) mass is 240 g/mol. The Bertz CT molecular complexity index is 364. The van der Waals surface area contributed by atoms with Crippen molar-refractivity contribution in [3.05, 3.63) is 18.2 Å². The van der Waals surface area contributed by atoms with Gasteiger partial charge in [0.1, 0.15) is 11.9 Å². The van der Waals surface area contributed by atoms with E-state index in [-0.39, 0.29) is 0 Å².